The Morgan fingerprint density at radius 2 is 1.93 bits per heavy atom. The minimum Gasteiger partial charge on any atom is -0.481 e. The maximum atomic E-state index is 13.0. The van der Waals surface area contributed by atoms with Gasteiger partial charge in [0.05, 0.1) is 25.6 Å². The molecule has 0 saturated heterocycles. The summed E-state index contributed by atoms with van der Waals surface area (Å²) in [4.78, 5) is 42.8. The summed E-state index contributed by atoms with van der Waals surface area (Å²) in [5, 5.41) is 19.3. The van der Waals surface area contributed by atoms with Gasteiger partial charge in [-0.25, -0.2) is 4.79 Å². The summed E-state index contributed by atoms with van der Waals surface area (Å²) in [6.45, 7) is 0.221. The van der Waals surface area contributed by atoms with Crippen LogP contribution in [0.1, 0.15) is 6.42 Å². The Morgan fingerprint density at radius 3 is 2.61 bits per heavy atom. The summed E-state index contributed by atoms with van der Waals surface area (Å²) in [5.74, 6) is -0.648. The van der Waals surface area contributed by atoms with Crippen molar-refractivity contribution in [1.29, 1.82) is 0 Å². The van der Waals surface area contributed by atoms with Gasteiger partial charge in [-0.05, 0) is 12.1 Å². The van der Waals surface area contributed by atoms with E-state index < -0.39 is 23.3 Å². The number of aryl methyl sites for hydroxylation is 1. The lowest BCUT2D eigenvalue weighted by atomic mass is 10.2. The normalized spacial score (nSPS) is 16.4. The van der Waals surface area contributed by atoms with Crippen molar-refractivity contribution in [2.75, 3.05) is 11.4 Å². The second-order valence-corrected chi connectivity index (χ2v) is 6.74. The van der Waals surface area contributed by atoms with Crippen LogP contribution in [0.15, 0.2) is 39.9 Å². The van der Waals surface area contributed by atoms with Crippen molar-refractivity contribution in [2.24, 2.45) is 7.05 Å². The number of aliphatic carboxylic acids is 1. The number of carboxylic acids is 1. The third kappa shape index (κ3) is 2.78. The predicted octanol–water partition coefficient (Wildman–Crippen LogP) is -0.116. The Hall–Kier alpha value is -3.40. The highest BCUT2D eigenvalue weighted by Gasteiger charge is 2.30. The number of nitrogens with zero attached hydrogens (tertiary/aromatic N) is 5. The molecule has 10 heteroatoms. The van der Waals surface area contributed by atoms with Crippen LogP contribution < -0.4 is 16.1 Å². The van der Waals surface area contributed by atoms with E-state index in [1.54, 1.807) is 9.47 Å². The van der Waals surface area contributed by atoms with Crippen LogP contribution in [-0.2, 0) is 24.9 Å². The number of carboxylic acid groups (broad SMARTS) is 1. The van der Waals surface area contributed by atoms with Crippen LogP contribution in [0, 0.1) is 0 Å². The number of anilines is 2. The quantitative estimate of drug-likeness (QED) is 0.642. The van der Waals surface area contributed by atoms with Crippen LogP contribution in [0.5, 0.6) is 0 Å². The Morgan fingerprint density at radius 1 is 1.21 bits per heavy atom. The van der Waals surface area contributed by atoms with Crippen LogP contribution in [0.25, 0.3) is 11.2 Å². The lowest BCUT2D eigenvalue weighted by Gasteiger charge is -2.32. The lowest BCUT2D eigenvalue weighted by molar-refractivity contribution is -0.137. The fourth-order valence-corrected chi connectivity index (χ4v) is 3.53. The zero-order valence-corrected chi connectivity index (χ0v) is 15.1. The Balaban J connectivity index is 1.96. The average molecular weight is 385 g/mol. The number of para-hydroxylation sites is 1. The first-order valence-corrected chi connectivity index (χ1v) is 8.81. The minimum atomic E-state index is -1.10. The fourth-order valence-electron chi connectivity index (χ4n) is 3.53. The molecule has 146 valence electrons. The van der Waals surface area contributed by atoms with Crippen molar-refractivity contribution in [1.82, 2.24) is 18.7 Å². The molecule has 1 aromatic carbocycles. The van der Waals surface area contributed by atoms with Gasteiger partial charge >= 0.3 is 11.7 Å². The molecule has 0 fully saturated rings. The van der Waals surface area contributed by atoms with Crippen LogP contribution in [-0.4, -0.2) is 47.5 Å². The molecule has 0 amide bonds. The SMILES string of the molecule is Cn1c(=O)n(CCC(=O)O)c(=O)c2c1nc1n2CC(O)CN1c1ccccc1. The summed E-state index contributed by atoms with van der Waals surface area (Å²) in [6.07, 6.45) is -1.09. The molecule has 1 aliphatic heterocycles. The van der Waals surface area contributed by atoms with E-state index in [-0.39, 0.29) is 30.7 Å². The Kier molecular flexibility index (Phi) is 4.27. The molecule has 1 unspecified atom stereocenters. The summed E-state index contributed by atoms with van der Waals surface area (Å²) >= 11 is 0. The highest BCUT2D eigenvalue weighted by Crippen LogP contribution is 2.30. The molecule has 0 saturated carbocycles. The standard InChI is InChI=1S/C18H19N5O5/c1-20-15-14(16(27)21(18(20)28)8-7-13(25)26)23-10-12(24)9-22(17(23)19-15)11-5-3-2-4-6-11/h2-6,12,24H,7-10H2,1H3,(H,25,26). The van der Waals surface area contributed by atoms with Crippen LogP contribution in [0.2, 0.25) is 0 Å². The molecule has 28 heavy (non-hydrogen) atoms. The molecule has 4 rings (SSSR count). The molecule has 2 aromatic heterocycles. The number of benzene rings is 1. The van der Waals surface area contributed by atoms with Crippen LogP contribution in [0.3, 0.4) is 0 Å². The van der Waals surface area contributed by atoms with Gasteiger partial charge < -0.3 is 19.7 Å². The summed E-state index contributed by atoms with van der Waals surface area (Å²) < 4.78 is 3.73. The van der Waals surface area contributed by atoms with E-state index >= 15 is 0 Å². The minimum absolute atomic E-state index is 0.154. The zero-order chi connectivity index (χ0) is 20.0. The molecule has 1 aliphatic rings. The van der Waals surface area contributed by atoms with E-state index in [0.29, 0.717) is 12.5 Å². The van der Waals surface area contributed by atoms with Gasteiger partial charge in [0.1, 0.15) is 0 Å². The number of hydrogen-bond donors (Lipinski definition) is 2. The molecular formula is C18H19N5O5. The molecule has 0 aliphatic carbocycles. The zero-order valence-electron chi connectivity index (χ0n) is 15.1. The molecule has 1 atom stereocenters. The van der Waals surface area contributed by atoms with E-state index in [1.165, 1.54) is 11.6 Å². The van der Waals surface area contributed by atoms with Crippen molar-refractivity contribution in [3.8, 4) is 0 Å². The van der Waals surface area contributed by atoms with E-state index in [0.717, 1.165) is 10.3 Å². The molecule has 3 aromatic rings. The van der Waals surface area contributed by atoms with E-state index in [2.05, 4.69) is 4.98 Å². The monoisotopic (exact) mass is 385 g/mol. The maximum absolute atomic E-state index is 13.0. The summed E-state index contributed by atoms with van der Waals surface area (Å²) in [6, 6.07) is 9.32. The van der Waals surface area contributed by atoms with Crippen molar-refractivity contribution < 1.29 is 15.0 Å². The first-order chi connectivity index (χ1) is 13.4. The van der Waals surface area contributed by atoms with Gasteiger partial charge in [0.2, 0.25) is 5.95 Å². The van der Waals surface area contributed by atoms with Gasteiger partial charge in [0.15, 0.2) is 11.2 Å². The number of hydrogen-bond acceptors (Lipinski definition) is 6. The molecular weight excluding hydrogens is 366 g/mol. The largest absolute Gasteiger partial charge is 0.481 e. The third-order valence-electron chi connectivity index (χ3n) is 4.86. The van der Waals surface area contributed by atoms with Gasteiger partial charge in [-0.1, -0.05) is 18.2 Å². The molecule has 2 N–H and O–H groups in total. The predicted molar refractivity (Wildman–Crippen MR) is 101 cm³/mol. The van der Waals surface area contributed by atoms with Gasteiger partial charge in [-0.3, -0.25) is 18.7 Å². The van der Waals surface area contributed by atoms with Gasteiger partial charge in [-0.2, -0.15) is 4.98 Å². The van der Waals surface area contributed by atoms with Crippen molar-refractivity contribution >= 4 is 28.8 Å². The number of imidazole rings is 1. The third-order valence-corrected chi connectivity index (χ3v) is 4.86. The number of rotatable bonds is 4. The van der Waals surface area contributed by atoms with Crippen molar-refractivity contribution in [3.05, 3.63) is 51.2 Å². The molecule has 10 nitrogen and oxygen atoms in total. The van der Waals surface area contributed by atoms with Crippen LogP contribution >= 0.6 is 0 Å². The average Bonchev–Trinajstić information content (AvgIpc) is 3.05. The number of aromatic nitrogens is 4. The Labute approximate surface area is 158 Å². The van der Waals surface area contributed by atoms with E-state index in [1.807, 2.05) is 30.3 Å². The van der Waals surface area contributed by atoms with Crippen molar-refractivity contribution in [2.45, 2.75) is 25.6 Å². The highest BCUT2D eigenvalue weighted by atomic mass is 16.4. The second-order valence-electron chi connectivity index (χ2n) is 6.74. The van der Waals surface area contributed by atoms with E-state index in [9.17, 15) is 19.5 Å². The smallest absolute Gasteiger partial charge is 0.332 e. The van der Waals surface area contributed by atoms with Crippen LogP contribution in [0.4, 0.5) is 11.6 Å². The first kappa shape index (κ1) is 18.0. The number of aliphatic hydroxyl groups is 1. The van der Waals surface area contributed by atoms with Crippen molar-refractivity contribution in [3.63, 3.8) is 0 Å². The lowest BCUT2D eigenvalue weighted by Crippen LogP contribution is -2.42. The topological polar surface area (TPSA) is 123 Å². The first-order valence-electron chi connectivity index (χ1n) is 8.81. The maximum Gasteiger partial charge on any atom is 0.332 e. The number of β-amino-alcohol motifs (C(OH)–C–C–N with tert-alkyl or cyclic N) is 1. The number of fused-ring (bicyclic) bond motifs is 3. The van der Waals surface area contributed by atoms with E-state index in [4.69, 9.17) is 5.11 Å². The molecule has 0 spiro atoms. The highest BCUT2D eigenvalue weighted by molar-refractivity contribution is 5.77. The fraction of sp³-hybridized carbons (Fsp3) is 0.333. The number of aliphatic hydroxyl groups excluding tert-OH is 1. The molecule has 0 bridgehead atoms. The Bertz CT molecular complexity index is 1180. The number of carbonyl (C=O) groups is 1. The van der Waals surface area contributed by atoms with Gasteiger partial charge in [-0.15, -0.1) is 0 Å². The second kappa shape index (κ2) is 6.64. The summed E-state index contributed by atoms with van der Waals surface area (Å²) in [7, 11) is 1.49. The summed E-state index contributed by atoms with van der Waals surface area (Å²) in [5.41, 5.74) is -0.0657. The molecule has 3 heterocycles. The van der Waals surface area contributed by atoms with Gasteiger partial charge in [0, 0.05) is 19.3 Å². The van der Waals surface area contributed by atoms with Gasteiger partial charge in [0.25, 0.3) is 5.56 Å². The molecule has 0 radical (unpaired) electrons.